The molecule has 0 saturated carbocycles. The molecule has 1 heterocycles. The van der Waals surface area contributed by atoms with Crippen LogP contribution in [0, 0.1) is 5.92 Å². The number of aliphatic hydroxyl groups is 1. The zero-order chi connectivity index (χ0) is 12.3. The van der Waals surface area contributed by atoms with E-state index in [1.165, 1.54) is 7.11 Å². The molecule has 2 unspecified atom stereocenters. The normalized spacial score (nSPS) is 22.0. The van der Waals surface area contributed by atoms with Crippen LogP contribution in [-0.2, 0) is 19.1 Å². The van der Waals surface area contributed by atoms with Crippen molar-refractivity contribution < 1.29 is 29.3 Å². The zero-order valence-corrected chi connectivity index (χ0v) is 8.75. The number of aliphatic carboxylic acids is 1. The predicted molar refractivity (Wildman–Crippen MR) is 50.3 cm³/mol. The summed E-state index contributed by atoms with van der Waals surface area (Å²) in [6.45, 7) is -0.211. The lowest BCUT2D eigenvalue weighted by molar-refractivity contribution is -0.148. The van der Waals surface area contributed by atoms with Crippen molar-refractivity contribution in [1.29, 1.82) is 0 Å². The molecule has 0 radical (unpaired) electrons. The summed E-state index contributed by atoms with van der Waals surface area (Å²) >= 11 is 0. The van der Waals surface area contributed by atoms with E-state index in [1.54, 1.807) is 0 Å². The number of β-amino-alcohol motifs (C(OH)–C–C–N with tert-alkyl or cyclic N) is 1. The third-order valence-corrected chi connectivity index (χ3v) is 2.43. The summed E-state index contributed by atoms with van der Waals surface area (Å²) in [5, 5.41) is 17.5. The molecule has 2 N–H and O–H groups in total. The first kappa shape index (κ1) is 12.4. The van der Waals surface area contributed by atoms with Gasteiger partial charge in [0, 0.05) is 13.0 Å². The fraction of sp³-hybridized carbons (Fsp3) is 0.667. The Morgan fingerprint density at radius 3 is 2.75 bits per heavy atom. The molecule has 1 aliphatic heterocycles. The summed E-state index contributed by atoms with van der Waals surface area (Å²) in [4.78, 5) is 34.1. The van der Waals surface area contributed by atoms with Gasteiger partial charge < -0.3 is 19.8 Å². The molecule has 0 aromatic carbocycles. The Balaban J connectivity index is 2.55. The third kappa shape index (κ3) is 2.69. The highest BCUT2D eigenvalue weighted by molar-refractivity contribution is 5.87. The maximum atomic E-state index is 11.4. The van der Waals surface area contributed by atoms with Crippen molar-refractivity contribution in [1.82, 2.24) is 4.90 Å². The van der Waals surface area contributed by atoms with Crippen molar-refractivity contribution in [3.8, 4) is 0 Å². The predicted octanol–water partition coefficient (Wildman–Crippen LogP) is -1.55. The number of aliphatic hydroxyl groups excluding tert-OH is 1. The van der Waals surface area contributed by atoms with E-state index in [2.05, 4.69) is 4.74 Å². The van der Waals surface area contributed by atoms with Crippen molar-refractivity contribution in [2.45, 2.75) is 12.5 Å². The molecule has 1 saturated heterocycles. The van der Waals surface area contributed by atoms with Crippen LogP contribution in [0.4, 0.5) is 0 Å². The first-order valence-corrected chi connectivity index (χ1v) is 4.72. The zero-order valence-electron chi connectivity index (χ0n) is 8.75. The molecular weight excluding hydrogens is 218 g/mol. The van der Waals surface area contributed by atoms with Crippen LogP contribution >= 0.6 is 0 Å². The Morgan fingerprint density at radius 2 is 2.25 bits per heavy atom. The van der Waals surface area contributed by atoms with Crippen LogP contribution in [0.5, 0.6) is 0 Å². The van der Waals surface area contributed by atoms with Gasteiger partial charge in [0.2, 0.25) is 5.91 Å². The molecule has 7 nitrogen and oxygen atoms in total. The number of esters is 1. The average Bonchev–Trinajstić information content (AvgIpc) is 2.59. The van der Waals surface area contributed by atoms with Gasteiger partial charge in [0.15, 0.2) is 6.10 Å². The van der Waals surface area contributed by atoms with Gasteiger partial charge in [0.25, 0.3) is 0 Å². The van der Waals surface area contributed by atoms with Crippen LogP contribution in [0.15, 0.2) is 0 Å². The highest BCUT2D eigenvalue weighted by Crippen LogP contribution is 2.19. The molecule has 1 amide bonds. The average molecular weight is 231 g/mol. The molecule has 90 valence electrons. The van der Waals surface area contributed by atoms with Gasteiger partial charge in [-0.25, -0.2) is 4.79 Å². The molecule has 0 aromatic rings. The number of hydrogen-bond donors (Lipinski definition) is 2. The number of likely N-dealkylation sites (tertiary alicyclic amines) is 1. The maximum Gasteiger partial charge on any atom is 0.334 e. The second-order valence-corrected chi connectivity index (χ2v) is 3.58. The van der Waals surface area contributed by atoms with Crippen LogP contribution in [0.3, 0.4) is 0 Å². The fourth-order valence-corrected chi connectivity index (χ4v) is 1.56. The smallest absolute Gasteiger partial charge is 0.334 e. The van der Waals surface area contributed by atoms with Crippen molar-refractivity contribution in [2.75, 3.05) is 20.2 Å². The lowest BCUT2D eigenvalue weighted by atomic mass is 10.1. The lowest BCUT2D eigenvalue weighted by Crippen LogP contribution is -2.38. The molecule has 2 atom stereocenters. The number of methoxy groups -OCH3 is 1. The third-order valence-electron chi connectivity index (χ3n) is 2.43. The Labute approximate surface area is 91.6 Å². The van der Waals surface area contributed by atoms with Gasteiger partial charge >= 0.3 is 11.9 Å². The first-order valence-electron chi connectivity index (χ1n) is 4.72. The lowest BCUT2D eigenvalue weighted by Gasteiger charge is -2.17. The minimum Gasteiger partial charge on any atom is -0.479 e. The van der Waals surface area contributed by atoms with Gasteiger partial charge in [0.1, 0.15) is 0 Å². The summed E-state index contributed by atoms with van der Waals surface area (Å²) in [5.41, 5.74) is 0. The number of hydrogen-bond acceptors (Lipinski definition) is 5. The van der Waals surface area contributed by atoms with E-state index in [-0.39, 0.29) is 25.4 Å². The Hall–Kier alpha value is -1.63. The van der Waals surface area contributed by atoms with Crippen molar-refractivity contribution in [3.63, 3.8) is 0 Å². The van der Waals surface area contributed by atoms with E-state index in [0.29, 0.717) is 0 Å². The molecule has 0 spiro atoms. The van der Waals surface area contributed by atoms with Gasteiger partial charge in [-0.3, -0.25) is 9.59 Å². The number of carbonyl (C=O) groups excluding carboxylic acids is 2. The van der Waals surface area contributed by atoms with Crippen LogP contribution < -0.4 is 0 Å². The number of amides is 1. The largest absolute Gasteiger partial charge is 0.479 e. The maximum absolute atomic E-state index is 11.4. The first-order chi connectivity index (χ1) is 7.45. The SMILES string of the molecule is COC(=O)C1CC(=O)N(CC(O)C(=O)O)C1. The standard InChI is InChI=1S/C9H13NO6/c1-16-9(15)5-2-7(12)10(3-5)4-6(11)8(13)14/h5-6,11H,2-4H2,1H3,(H,13,14). The Morgan fingerprint density at radius 1 is 1.62 bits per heavy atom. The monoisotopic (exact) mass is 231 g/mol. The summed E-state index contributed by atoms with van der Waals surface area (Å²) in [6, 6.07) is 0. The molecule has 7 heteroatoms. The van der Waals surface area contributed by atoms with E-state index in [1.807, 2.05) is 0 Å². The van der Waals surface area contributed by atoms with Gasteiger partial charge in [-0.1, -0.05) is 0 Å². The second kappa shape index (κ2) is 4.93. The molecule has 1 aliphatic rings. The summed E-state index contributed by atoms with van der Waals surface area (Å²) in [6.07, 6.45) is -1.63. The van der Waals surface area contributed by atoms with E-state index in [0.717, 1.165) is 4.90 Å². The van der Waals surface area contributed by atoms with Gasteiger partial charge in [-0.05, 0) is 0 Å². The van der Waals surface area contributed by atoms with Gasteiger partial charge in [-0.2, -0.15) is 0 Å². The minimum atomic E-state index is -1.62. The molecule has 0 aromatic heterocycles. The van der Waals surface area contributed by atoms with Gasteiger partial charge in [-0.15, -0.1) is 0 Å². The van der Waals surface area contributed by atoms with Crippen LogP contribution in [0.2, 0.25) is 0 Å². The number of nitrogens with zero attached hydrogens (tertiary/aromatic N) is 1. The van der Waals surface area contributed by atoms with E-state index < -0.39 is 24.0 Å². The second-order valence-electron chi connectivity index (χ2n) is 3.58. The minimum absolute atomic E-state index is 0.000980. The van der Waals surface area contributed by atoms with Crippen molar-refractivity contribution in [3.05, 3.63) is 0 Å². The molecule has 0 bridgehead atoms. The van der Waals surface area contributed by atoms with Crippen LogP contribution in [0.1, 0.15) is 6.42 Å². The van der Waals surface area contributed by atoms with Crippen molar-refractivity contribution in [2.24, 2.45) is 5.92 Å². The van der Waals surface area contributed by atoms with E-state index in [9.17, 15) is 14.4 Å². The van der Waals surface area contributed by atoms with Crippen molar-refractivity contribution >= 4 is 17.8 Å². The number of ether oxygens (including phenoxy) is 1. The summed E-state index contributed by atoms with van der Waals surface area (Å²) in [7, 11) is 1.22. The van der Waals surface area contributed by atoms with Gasteiger partial charge in [0.05, 0.1) is 19.6 Å². The number of carboxylic acid groups (broad SMARTS) is 1. The highest BCUT2D eigenvalue weighted by atomic mass is 16.5. The highest BCUT2D eigenvalue weighted by Gasteiger charge is 2.36. The number of rotatable bonds is 4. The molecular formula is C9H13NO6. The molecule has 1 fully saturated rings. The number of carbonyl (C=O) groups is 3. The van der Waals surface area contributed by atoms with E-state index >= 15 is 0 Å². The molecule has 16 heavy (non-hydrogen) atoms. The summed E-state index contributed by atoms with van der Waals surface area (Å²) < 4.78 is 4.49. The molecule has 1 rings (SSSR count). The van der Waals surface area contributed by atoms with E-state index in [4.69, 9.17) is 10.2 Å². The fourth-order valence-electron chi connectivity index (χ4n) is 1.56. The van der Waals surface area contributed by atoms with Crippen LogP contribution in [0.25, 0.3) is 0 Å². The topological polar surface area (TPSA) is 104 Å². The Bertz CT molecular complexity index is 315. The number of carboxylic acids is 1. The Kier molecular flexibility index (Phi) is 3.83. The van der Waals surface area contributed by atoms with Crippen LogP contribution in [-0.4, -0.2) is 59.3 Å². The quantitative estimate of drug-likeness (QED) is 0.568. The molecule has 0 aliphatic carbocycles. The summed E-state index contributed by atoms with van der Waals surface area (Å²) in [5.74, 6) is -2.82.